The Morgan fingerprint density at radius 1 is 0.208 bits per heavy atom. The summed E-state index contributed by atoms with van der Waals surface area (Å²) in [4.78, 5) is 3.59. The lowest BCUT2D eigenvalue weighted by Gasteiger charge is -2.20. The number of unbranched alkanes of at least 4 members (excludes halogenated alkanes) is 24. The second-order valence-corrected chi connectivity index (χ2v) is 29.6. The molecule has 0 spiro atoms. The highest BCUT2D eigenvalue weighted by atomic mass is 32.2. The van der Waals surface area contributed by atoms with Crippen molar-refractivity contribution in [3.05, 3.63) is 36.4 Å². The topological polar surface area (TPSA) is 102 Å². The summed E-state index contributed by atoms with van der Waals surface area (Å²) in [5.74, 6) is 2.86. The first-order chi connectivity index (χ1) is 35.1. The molecule has 0 saturated carbocycles. The maximum atomic E-state index is 14.7. The fourth-order valence-electron chi connectivity index (χ4n) is 9.76. The Bertz CT molecular complexity index is 1940. The van der Waals surface area contributed by atoms with E-state index in [1.165, 1.54) is 0 Å². The maximum Gasteiger partial charge on any atom is 0.0556 e. The van der Waals surface area contributed by atoms with Crippen LogP contribution in [0.2, 0.25) is 0 Å². The number of hydrogen-bond acceptors (Lipinski definition) is 6. The van der Waals surface area contributed by atoms with Crippen LogP contribution in [0, 0.1) is 0 Å². The van der Waals surface area contributed by atoms with Gasteiger partial charge >= 0.3 is 0 Å². The van der Waals surface area contributed by atoms with Crippen LogP contribution in [0.4, 0.5) is 0 Å². The largest absolute Gasteiger partial charge is 0.254 e. The minimum atomic E-state index is -1.43. The Kier molecular flexibility index (Phi) is 32.0. The summed E-state index contributed by atoms with van der Waals surface area (Å²) >= 11 is 0. The Labute approximate surface area is 453 Å². The van der Waals surface area contributed by atoms with Gasteiger partial charge in [-0.2, -0.15) is 0 Å². The SMILES string of the molecule is CCCCCCCS(=O)c1cc2c3cc(S(=O)CCCCCCC)c(S(=O)CCCCCCC)cc3c3cc(S(=O)CCCCCCC)c(S(=O)CCCCCCC)cc3c2cc1S(=O)CCCCCCC. The van der Waals surface area contributed by atoms with Gasteiger partial charge < -0.3 is 0 Å². The van der Waals surface area contributed by atoms with E-state index in [0.29, 0.717) is 63.9 Å². The molecule has 0 aliphatic heterocycles. The van der Waals surface area contributed by atoms with Crippen molar-refractivity contribution in [1.29, 1.82) is 0 Å². The minimum absolute atomic E-state index is 0.477. The summed E-state index contributed by atoms with van der Waals surface area (Å²) in [6.07, 6.45) is 31.0. The van der Waals surface area contributed by atoms with E-state index in [1.54, 1.807) is 0 Å². The van der Waals surface area contributed by atoms with Crippen molar-refractivity contribution in [3.63, 3.8) is 0 Å². The van der Waals surface area contributed by atoms with Crippen molar-refractivity contribution in [3.8, 4) is 0 Å². The zero-order chi connectivity index (χ0) is 52.1. The quantitative estimate of drug-likeness (QED) is 0.0324. The van der Waals surface area contributed by atoms with Crippen LogP contribution in [0.3, 0.4) is 0 Å². The first kappa shape index (κ1) is 63.1. The van der Waals surface area contributed by atoms with Crippen LogP contribution in [0.25, 0.3) is 32.3 Å². The third kappa shape index (κ3) is 20.2. The fourth-order valence-corrected chi connectivity index (χ4v) is 18.8. The Hall–Kier alpha value is -1.44. The summed E-state index contributed by atoms with van der Waals surface area (Å²) < 4.78 is 88.4. The van der Waals surface area contributed by atoms with Crippen LogP contribution in [-0.2, 0) is 64.8 Å². The normalized spacial score (nSPS) is 14.6. The molecular formula is C60H96O6S6. The molecule has 0 heterocycles. The van der Waals surface area contributed by atoms with Gasteiger partial charge in [0.05, 0.1) is 94.2 Å². The average Bonchev–Trinajstić information content (AvgIpc) is 3.39. The maximum absolute atomic E-state index is 14.7. The highest BCUT2D eigenvalue weighted by molar-refractivity contribution is 7.89. The summed E-state index contributed by atoms with van der Waals surface area (Å²) in [5.41, 5.74) is 0. The van der Waals surface area contributed by atoms with E-state index < -0.39 is 64.8 Å². The highest BCUT2D eigenvalue weighted by Gasteiger charge is 2.26. The summed E-state index contributed by atoms with van der Waals surface area (Å²) in [6, 6.07) is 12.1. The van der Waals surface area contributed by atoms with Crippen LogP contribution in [-0.4, -0.2) is 59.8 Å². The van der Waals surface area contributed by atoms with Crippen molar-refractivity contribution in [2.24, 2.45) is 0 Å². The van der Waals surface area contributed by atoms with Crippen molar-refractivity contribution in [1.82, 2.24) is 0 Å². The molecule has 0 amide bonds. The third-order valence-corrected chi connectivity index (χ3v) is 23.5. The standard InChI is InChI=1S/C60H96O6S6/c1-7-13-19-25-31-37-67(61)55-43-49-50(44-56(55)68(62)38-32-26-20-14-8-2)52-46-58(70(64)40-34-28-22-16-10-4)60(72(66)42-36-30-24-18-12-6)48-54(52)53-47-59(71(65)41-35-29-23-17-11-5)57(45-51(49)53)69(63)39-33-27-21-15-9-3/h43-48H,7-42H2,1-6H3. The minimum Gasteiger partial charge on any atom is -0.254 e. The fraction of sp³-hybridized carbons (Fsp3) is 0.700. The molecule has 6 unspecified atom stereocenters. The second kappa shape index (κ2) is 36.6. The van der Waals surface area contributed by atoms with Gasteiger partial charge in [0.15, 0.2) is 0 Å². The van der Waals surface area contributed by atoms with Gasteiger partial charge in [0.25, 0.3) is 0 Å². The number of fused-ring (bicyclic) bond motifs is 6. The van der Waals surface area contributed by atoms with E-state index >= 15 is 0 Å². The van der Waals surface area contributed by atoms with Crippen molar-refractivity contribution in [2.45, 2.75) is 264 Å². The molecule has 6 atom stereocenters. The first-order valence-electron chi connectivity index (χ1n) is 28.9. The van der Waals surface area contributed by atoms with E-state index in [4.69, 9.17) is 0 Å². The van der Waals surface area contributed by atoms with Crippen molar-refractivity contribution >= 4 is 97.1 Å². The smallest absolute Gasteiger partial charge is 0.0556 e. The molecule has 4 rings (SSSR count). The lowest BCUT2D eigenvalue weighted by molar-refractivity contribution is 0.643. The number of hydrogen-bond donors (Lipinski definition) is 0. The number of benzene rings is 4. The molecule has 6 nitrogen and oxygen atoms in total. The molecule has 4 aromatic rings. The molecule has 12 heteroatoms. The molecule has 0 bridgehead atoms. The van der Waals surface area contributed by atoms with Gasteiger partial charge in [-0.3, -0.25) is 25.3 Å². The third-order valence-electron chi connectivity index (χ3n) is 14.2. The molecule has 72 heavy (non-hydrogen) atoms. The van der Waals surface area contributed by atoms with Crippen LogP contribution < -0.4 is 0 Å². The second-order valence-electron chi connectivity index (χ2n) is 20.3. The van der Waals surface area contributed by atoms with Gasteiger partial charge in [-0.25, -0.2) is 0 Å². The van der Waals surface area contributed by atoms with E-state index in [2.05, 4.69) is 41.5 Å². The molecule has 0 aliphatic carbocycles. The summed E-state index contributed by atoms with van der Waals surface area (Å²) in [6.45, 7) is 13.2. The Morgan fingerprint density at radius 3 is 0.458 bits per heavy atom. The zero-order valence-corrected chi connectivity index (χ0v) is 50.7. The molecule has 0 aliphatic rings. The zero-order valence-electron chi connectivity index (χ0n) is 45.8. The summed E-state index contributed by atoms with van der Waals surface area (Å²) in [5, 5.41) is 4.89. The monoisotopic (exact) mass is 1100 g/mol. The van der Waals surface area contributed by atoms with Gasteiger partial charge in [0, 0.05) is 34.5 Å². The van der Waals surface area contributed by atoms with Crippen molar-refractivity contribution in [2.75, 3.05) is 34.5 Å². The molecule has 0 aromatic heterocycles. The molecule has 0 saturated heterocycles. The Morgan fingerprint density at radius 2 is 0.333 bits per heavy atom. The van der Waals surface area contributed by atoms with Gasteiger partial charge in [0.1, 0.15) is 0 Å². The van der Waals surface area contributed by atoms with E-state index in [-0.39, 0.29) is 0 Å². The van der Waals surface area contributed by atoms with Gasteiger partial charge in [0.2, 0.25) is 0 Å². The lowest BCUT2D eigenvalue weighted by Crippen LogP contribution is -2.09. The van der Waals surface area contributed by atoms with E-state index in [0.717, 1.165) is 225 Å². The molecule has 0 fully saturated rings. The molecular weight excluding hydrogens is 1010 g/mol. The van der Waals surface area contributed by atoms with Gasteiger partial charge in [-0.1, -0.05) is 196 Å². The average molecular weight is 1110 g/mol. The van der Waals surface area contributed by atoms with Gasteiger partial charge in [-0.15, -0.1) is 0 Å². The lowest BCUT2D eigenvalue weighted by atomic mass is 9.94. The number of rotatable bonds is 42. The molecule has 408 valence electrons. The van der Waals surface area contributed by atoms with Crippen LogP contribution >= 0.6 is 0 Å². The van der Waals surface area contributed by atoms with E-state index in [9.17, 15) is 25.3 Å². The molecule has 4 aromatic carbocycles. The molecule has 0 N–H and O–H groups in total. The predicted octanol–water partition coefficient (Wildman–Crippen LogP) is 17.6. The predicted molar refractivity (Wildman–Crippen MR) is 319 cm³/mol. The van der Waals surface area contributed by atoms with Gasteiger partial charge in [-0.05, 0) is 107 Å². The van der Waals surface area contributed by atoms with Crippen molar-refractivity contribution < 1.29 is 25.3 Å². The highest BCUT2D eigenvalue weighted by Crippen LogP contribution is 2.43. The first-order valence-corrected chi connectivity index (χ1v) is 36.8. The van der Waals surface area contributed by atoms with Crippen LogP contribution in [0.1, 0.15) is 234 Å². The van der Waals surface area contributed by atoms with E-state index in [1.807, 2.05) is 36.4 Å². The summed E-state index contributed by atoms with van der Waals surface area (Å²) in [7, 11) is -8.57. The Balaban J connectivity index is 2.12. The van der Waals surface area contributed by atoms with Crippen LogP contribution in [0.15, 0.2) is 65.8 Å². The van der Waals surface area contributed by atoms with Crippen LogP contribution in [0.5, 0.6) is 0 Å². The molecule has 0 radical (unpaired) electrons.